The molecule has 0 amide bonds. The van der Waals surface area contributed by atoms with E-state index in [2.05, 4.69) is 0 Å². The lowest BCUT2D eigenvalue weighted by atomic mass is 10.4. The summed E-state index contributed by atoms with van der Waals surface area (Å²) in [7, 11) is 0. The molecule has 2 nitrogen and oxygen atoms in total. The van der Waals surface area contributed by atoms with Crippen LogP contribution in [0.1, 0.15) is 6.42 Å². The molecule has 0 aromatic carbocycles. The number of hydrogen-bond donors (Lipinski definition) is 1. The van der Waals surface area contributed by atoms with E-state index in [1.807, 2.05) is 12.2 Å². The maximum atomic E-state index is 6.97. The number of nitrogens with one attached hydrogen (secondary N) is 1. The molecule has 2 heteroatoms. The monoisotopic (exact) mass is 100 g/mol. The highest BCUT2D eigenvalue weighted by molar-refractivity contribution is 4.83. The van der Waals surface area contributed by atoms with Crippen LogP contribution < -0.4 is 5.47 Å². The second-order valence-electron chi connectivity index (χ2n) is 1.40. The Balaban J connectivity index is 2.30. The summed E-state index contributed by atoms with van der Waals surface area (Å²) in [5.41, 5.74) is 1.09. The maximum absolute atomic E-state index is 6.97. The molecule has 0 aliphatic carbocycles. The summed E-state index contributed by atoms with van der Waals surface area (Å²) in [4.78, 5) is 4.84. The molecule has 0 atom stereocenters. The van der Waals surface area contributed by atoms with Crippen molar-refractivity contribution in [2.24, 2.45) is 0 Å². The molecule has 1 rings (SSSR count). The average Bonchev–Trinajstić information content (AvgIpc) is 1.94. The van der Waals surface area contributed by atoms with Crippen LogP contribution in [-0.4, -0.2) is 13.2 Å². The summed E-state index contributed by atoms with van der Waals surface area (Å²) in [6, 6.07) is 0. The van der Waals surface area contributed by atoms with Crippen LogP contribution in [-0.2, 0) is 4.84 Å². The van der Waals surface area contributed by atoms with E-state index in [9.17, 15) is 0 Å². The van der Waals surface area contributed by atoms with Gasteiger partial charge in [0.25, 0.3) is 0 Å². The van der Waals surface area contributed by atoms with Gasteiger partial charge >= 0.3 is 0 Å². The van der Waals surface area contributed by atoms with Crippen LogP contribution in [0.3, 0.4) is 0 Å². The van der Waals surface area contributed by atoms with E-state index in [0.717, 1.165) is 11.9 Å². The Morgan fingerprint density at radius 3 is 3.71 bits per heavy atom. The lowest BCUT2D eigenvalue weighted by molar-refractivity contribution is 0.0557. The predicted molar refractivity (Wildman–Crippen MR) is 27.7 cm³/mol. The number of rotatable bonds is 0. The Bertz CT molecular complexity index is 94.4. The largest absolute Gasteiger partial charge is 0.301 e. The van der Waals surface area contributed by atoms with Gasteiger partial charge in [-0.15, -0.1) is 0 Å². The van der Waals surface area contributed by atoms with Crippen LogP contribution in [0.25, 0.3) is 0 Å². The quantitative estimate of drug-likeness (QED) is 0.447. The van der Waals surface area contributed by atoms with Gasteiger partial charge in [0.15, 0.2) is 1.41 Å². The molecule has 0 aromatic heterocycles. The van der Waals surface area contributed by atoms with Gasteiger partial charge in [-0.2, -0.15) is 5.47 Å². The summed E-state index contributed by atoms with van der Waals surface area (Å²) < 4.78 is 6.97. The first kappa shape index (κ1) is 3.64. The molecule has 1 aliphatic heterocycles. The summed E-state index contributed by atoms with van der Waals surface area (Å²) in [6.45, 7) is 1.22. The first-order valence-electron chi connectivity index (χ1n) is 2.88. The first-order chi connectivity index (χ1) is 3.89. The Morgan fingerprint density at radius 1 is 1.71 bits per heavy atom. The summed E-state index contributed by atoms with van der Waals surface area (Å²) in [5, 5.41) is 0. The number of hydroxylamine groups is 1. The molecule has 0 bridgehead atoms. The smallest absolute Gasteiger partial charge is 0.155 e. The minimum Gasteiger partial charge on any atom is -0.301 e. The van der Waals surface area contributed by atoms with Gasteiger partial charge in [-0.25, -0.2) is 0 Å². The molecule has 0 unspecified atom stereocenters. The first-order valence-corrected chi connectivity index (χ1v) is 2.44. The lowest BCUT2D eigenvalue weighted by Gasteiger charge is -1.94. The van der Waals surface area contributed by atoms with Crippen LogP contribution in [0.4, 0.5) is 0 Å². The summed E-state index contributed by atoms with van der Waals surface area (Å²) >= 11 is 0. The minimum atomic E-state index is 0.583. The van der Waals surface area contributed by atoms with Gasteiger partial charge in [-0.3, -0.25) is 0 Å². The van der Waals surface area contributed by atoms with Crippen LogP contribution in [0.15, 0.2) is 12.2 Å². The second-order valence-corrected chi connectivity index (χ2v) is 1.40. The van der Waals surface area contributed by atoms with Crippen molar-refractivity contribution in [3.05, 3.63) is 12.2 Å². The van der Waals surface area contributed by atoms with Gasteiger partial charge in [-0.1, -0.05) is 12.2 Å². The SMILES string of the molecule is [2H]N1CC=CCCO1. The standard InChI is InChI=1S/C5H9NO/c1-2-4-6-7-5-3-1/h1-2,6H,3-5H2/i/hD. The summed E-state index contributed by atoms with van der Waals surface area (Å²) in [5.74, 6) is 0. The molecular weight excluding hydrogens is 90.1 g/mol. The van der Waals surface area contributed by atoms with E-state index < -0.39 is 0 Å². The van der Waals surface area contributed by atoms with E-state index >= 15 is 0 Å². The lowest BCUT2D eigenvalue weighted by Crippen LogP contribution is -2.12. The van der Waals surface area contributed by atoms with Crippen molar-refractivity contribution in [1.82, 2.24) is 5.47 Å². The van der Waals surface area contributed by atoms with Gasteiger partial charge < -0.3 is 4.84 Å². The fourth-order valence-electron chi connectivity index (χ4n) is 0.473. The molecule has 0 aromatic rings. The third-order valence-corrected chi connectivity index (χ3v) is 0.814. The van der Waals surface area contributed by atoms with Crippen LogP contribution in [0, 0.1) is 0 Å². The fourth-order valence-corrected chi connectivity index (χ4v) is 0.473. The molecule has 1 heterocycles. The van der Waals surface area contributed by atoms with Crippen molar-refractivity contribution < 1.29 is 6.25 Å². The van der Waals surface area contributed by atoms with Crippen molar-refractivity contribution in [2.45, 2.75) is 6.42 Å². The van der Waals surface area contributed by atoms with Gasteiger partial charge in [0, 0.05) is 6.54 Å². The van der Waals surface area contributed by atoms with Gasteiger partial charge in [-0.05, 0) is 6.42 Å². The van der Waals surface area contributed by atoms with E-state index in [4.69, 9.17) is 6.25 Å². The van der Waals surface area contributed by atoms with E-state index in [1.54, 1.807) is 0 Å². The van der Waals surface area contributed by atoms with Gasteiger partial charge in [0.05, 0.1) is 6.61 Å². The Kier molecular flexibility index (Phi) is 1.44. The molecular formula is C5H9NO. The van der Waals surface area contributed by atoms with Crippen molar-refractivity contribution in [1.29, 1.82) is 0 Å². The normalized spacial score (nSPS) is 26.6. The molecule has 0 fully saturated rings. The molecule has 0 radical (unpaired) electrons. The third kappa shape index (κ3) is 1.71. The third-order valence-electron chi connectivity index (χ3n) is 0.814. The Labute approximate surface area is 44.6 Å². The topological polar surface area (TPSA) is 21.3 Å². The highest BCUT2D eigenvalue weighted by Gasteiger charge is 1.86. The Hall–Kier alpha value is -0.340. The predicted octanol–water partition coefficient (Wildman–Crippen LogP) is 0.468. The van der Waals surface area contributed by atoms with E-state index in [1.165, 1.54) is 0 Å². The highest BCUT2D eigenvalue weighted by Crippen LogP contribution is 1.86. The fraction of sp³-hybridized carbons (Fsp3) is 0.600. The van der Waals surface area contributed by atoms with Crippen molar-refractivity contribution in [3.8, 4) is 0 Å². The summed E-state index contributed by atoms with van der Waals surface area (Å²) in [6.07, 6.45) is 4.88. The average molecular weight is 100 g/mol. The van der Waals surface area contributed by atoms with Crippen molar-refractivity contribution >= 4 is 0 Å². The van der Waals surface area contributed by atoms with Crippen LogP contribution in [0.2, 0.25) is 1.41 Å². The van der Waals surface area contributed by atoms with E-state index in [0.29, 0.717) is 13.2 Å². The molecule has 0 spiro atoms. The molecule has 1 N–H and O–H groups in total. The van der Waals surface area contributed by atoms with E-state index in [-0.39, 0.29) is 0 Å². The maximum Gasteiger partial charge on any atom is 0.155 e. The Morgan fingerprint density at radius 2 is 2.71 bits per heavy atom. The van der Waals surface area contributed by atoms with Crippen LogP contribution in [0.5, 0.6) is 0 Å². The zero-order valence-electron chi connectivity index (χ0n) is 5.13. The van der Waals surface area contributed by atoms with Crippen molar-refractivity contribution in [2.75, 3.05) is 13.2 Å². The zero-order chi connectivity index (χ0) is 5.82. The van der Waals surface area contributed by atoms with Crippen LogP contribution >= 0.6 is 0 Å². The van der Waals surface area contributed by atoms with Crippen molar-refractivity contribution in [3.63, 3.8) is 0 Å². The number of hydrogen-bond acceptors (Lipinski definition) is 2. The van der Waals surface area contributed by atoms with Gasteiger partial charge in [0.1, 0.15) is 0 Å². The zero-order valence-corrected chi connectivity index (χ0v) is 4.13. The highest BCUT2D eigenvalue weighted by atomic mass is 16.6. The molecule has 7 heavy (non-hydrogen) atoms. The molecule has 40 valence electrons. The minimum absolute atomic E-state index is 0.583. The van der Waals surface area contributed by atoms with Gasteiger partial charge in [0.2, 0.25) is 0 Å². The molecule has 0 saturated carbocycles. The second kappa shape index (κ2) is 2.77. The molecule has 0 saturated heterocycles. The molecule has 1 aliphatic rings.